The van der Waals surface area contributed by atoms with Crippen LogP contribution < -0.4 is 10.6 Å². The molecule has 5 heteroatoms. The number of hydrogen-bond acceptors (Lipinski definition) is 4. The molecular weight excluding hydrogens is 292 g/mol. The first kappa shape index (κ1) is 16.7. The number of benzene rings is 2. The number of ether oxygens (including phenoxy) is 1. The van der Waals surface area contributed by atoms with Gasteiger partial charge in [0.1, 0.15) is 0 Å². The maximum absolute atomic E-state index is 12.1. The second-order valence-corrected chi connectivity index (χ2v) is 5.10. The Hall–Kier alpha value is -2.66. The molecule has 0 fully saturated rings. The molecule has 0 heterocycles. The Morgan fingerprint density at radius 2 is 1.70 bits per heavy atom. The molecule has 0 saturated heterocycles. The monoisotopic (exact) mass is 312 g/mol. The molecule has 2 rings (SSSR count). The largest absolute Gasteiger partial charge is 0.465 e. The van der Waals surface area contributed by atoms with Gasteiger partial charge < -0.3 is 15.4 Å². The maximum Gasteiger partial charge on any atom is 0.339 e. The second-order valence-electron chi connectivity index (χ2n) is 5.10. The van der Waals surface area contributed by atoms with Crippen LogP contribution in [0.4, 0.5) is 5.69 Å². The SMILES string of the molecule is COC(=O)c1ccccc1NC(=O)CNC(C)c1ccccc1. The Morgan fingerprint density at radius 1 is 1.04 bits per heavy atom. The van der Waals surface area contributed by atoms with Crippen molar-refractivity contribution in [2.24, 2.45) is 0 Å². The molecule has 0 aromatic heterocycles. The predicted octanol–water partition coefficient (Wildman–Crippen LogP) is 2.76. The molecule has 1 atom stereocenters. The van der Waals surface area contributed by atoms with Gasteiger partial charge in [-0.05, 0) is 24.6 Å². The summed E-state index contributed by atoms with van der Waals surface area (Å²) in [6, 6.07) is 16.7. The molecule has 0 aliphatic heterocycles. The van der Waals surface area contributed by atoms with Gasteiger partial charge in [0, 0.05) is 6.04 Å². The van der Waals surface area contributed by atoms with Gasteiger partial charge in [0.05, 0.1) is 24.9 Å². The third-order valence-electron chi connectivity index (χ3n) is 3.47. The molecule has 1 amide bonds. The molecule has 1 unspecified atom stereocenters. The number of anilines is 1. The average molecular weight is 312 g/mol. The summed E-state index contributed by atoms with van der Waals surface area (Å²) >= 11 is 0. The van der Waals surface area contributed by atoms with E-state index in [0.717, 1.165) is 5.56 Å². The van der Waals surface area contributed by atoms with Crippen molar-refractivity contribution >= 4 is 17.6 Å². The van der Waals surface area contributed by atoms with Gasteiger partial charge in [-0.3, -0.25) is 4.79 Å². The molecule has 0 radical (unpaired) electrons. The molecule has 5 nitrogen and oxygen atoms in total. The van der Waals surface area contributed by atoms with Crippen LogP contribution in [0.1, 0.15) is 28.9 Å². The van der Waals surface area contributed by atoms with Gasteiger partial charge in [0.15, 0.2) is 0 Å². The van der Waals surface area contributed by atoms with Crippen molar-refractivity contribution in [1.29, 1.82) is 0 Å². The number of hydrogen-bond donors (Lipinski definition) is 2. The first-order valence-corrected chi connectivity index (χ1v) is 7.37. The van der Waals surface area contributed by atoms with Crippen molar-refractivity contribution in [3.8, 4) is 0 Å². The summed E-state index contributed by atoms with van der Waals surface area (Å²) in [5.41, 5.74) is 1.88. The first-order valence-electron chi connectivity index (χ1n) is 7.37. The fourth-order valence-electron chi connectivity index (χ4n) is 2.18. The van der Waals surface area contributed by atoms with Crippen LogP contribution >= 0.6 is 0 Å². The number of methoxy groups -OCH3 is 1. The third kappa shape index (κ3) is 4.66. The van der Waals surface area contributed by atoms with E-state index in [4.69, 9.17) is 4.74 Å². The Kier molecular flexibility index (Phi) is 5.88. The van der Waals surface area contributed by atoms with Crippen LogP contribution in [0.15, 0.2) is 54.6 Å². The smallest absolute Gasteiger partial charge is 0.339 e. The number of para-hydroxylation sites is 1. The molecule has 2 aromatic carbocycles. The summed E-state index contributed by atoms with van der Waals surface area (Å²) in [7, 11) is 1.31. The molecule has 0 aliphatic carbocycles. The van der Waals surface area contributed by atoms with E-state index in [0.29, 0.717) is 11.3 Å². The highest BCUT2D eigenvalue weighted by molar-refractivity contribution is 6.01. The van der Waals surface area contributed by atoms with Gasteiger partial charge in [-0.15, -0.1) is 0 Å². The number of carbonyl (C=O) groups excluding carboxylic acids is 2. The van der Waals surface area contributed by atoms with E-state index >= 15 is 0 Å². The van der Waals surface area contributed by atoms with E-state index in [2.05, 4.69) is 10.6 Å². The lowest BCUT2D eigenvalue weighted by molar-refractivity contribution is -0.115. The molecular formula is C18H20N2O3. The highest BCUT2D eigenvalue weighted by Crippen LogP contribution is 2.16. The van der Waals surface area contributed by atoms with E-state index in [-0.39, 0.29) is 18.5 Å². The minimum Gasteiger partial charge on any atom is -0.465 e. The third-order valence-corrected chi connectivity index (χ3v) is 3.47. The number of nitrogens with one attached hydrogen (secondary N) is 2. The molecule has 120 valence electrons. The summed E-state index contributed by atoms with van der Waals surface area (Å²) in [5, 5.41) is 5.88. The van der Waals surface area contributed by atoms with E-state index in [9.17, 15) is 9.59 Å². The minimum absolute atomic E-state index is 0.0535. The van der Waals surface area contributed by atoms with Gasteiger partial charge >= 0.3 is 5.97 Å². The lowest BCUT2D eigenvalue weighted by Gasteiger charge is -2.15. The van der Waals surface area contributed by atoms with Crippen molar-refractivity contribution in [2.75, 3.05) is 19.0 Å². The fourth-order valence-corrected chi connectivity index (χ4v) is 2.18. The summed E-state index contributed by atoms with van der Waals surface area (Å²) in [6.45, 7) is 2.14. The standard InChI is InChI=1S/C18H20N2O3/c1-13(14-8-4-3-5-9-14)19-12-17(21)20-16-11-7-6-10-15(16)18(22)23-2/h3-11,13,19H,12H2,1-2H3,(H,20,21). The van der Waals surface area contributed by atoms with Crippen molar-refractivity contribution in [3.05, 3.63) is 65.7 Å². The van der Waals surface area contributed by atoms with Gasteiger partial charge in [0.2, 0.25) is 5.91 Å². The first-order chi connectivity index (χ1) is 11.1. The number of rotatable bonds is 6. The number of amides is 1. The molecule has 0 aliphatic rings. The molecule has 2 aromatic rings. The Bertz CT molecular complexity index is 671. The predicted molar refractivity (Wildman–Crippen MR) is 89.3 cm³/mol. The van der Waals surface area contributed by atoms with Crippen LogP contribution in [0.3, 0.4) is 0 Å². The highest BCUT2D eigenvalue weighted by Gasteiger charge is 2.13. The van der Waals surface area contributed by atoms with Crippen molar-refractivity contribution in [2.45, 2.75) is 13.0 Å². The zero-order valence-corrected chi connectivity index (χ0v) is 13.2. The number of carbonyl (C=O) groups is 2. The number of esters is 1. The fraction of sp³-hybridized carbons (Fsp3) is 0.222. The minimum atomic E-state index is -0.480. The average Bonchev–Trinajstić information content (AvgIpc) is 2.60. The lowest BCUT2D eigenvalue weighted by atomic mass is 10.1. The van der Waals surface area contributed by atoms with Crippen LogP contribution in [0, 0.1) is 0 Å². The Balaban J connectivity index is 1.94. The zero-order valence-electron chi connectivity index (χ0n) is 13.2. The molecule has 2 N–H and O–H groups in total. The van der Waals surface area contributed by atoms with Gasteiger partial charge in [-0.25, -0.2) is 4.79 Å². The van der Waals surface area contributed by atoms with E-state index in [1.54, 1.807) is 24.3 Å². The van der Waals surface area contributed by atoms with Gasteiger partial charge in [-0.1, -0.05) is 42.5 Å². The second kappa shape index (κ2) is 8.10. The maximum atomic E-state index is 12.1. The van der Waals surface area contributed by atoms with E-state index in [1.807, 2.05) is 37.3 Å². The quantitative estimate of drug-likeness (QED) is 0.805. The van der Waals surface area contributed by atoms with Crippen molar-refractivity contribution < 1.29 is 14.3 Å². The van der Waals surface area contributed by atoms with Gasteiger partial charge in [-0.2, -0.15) is 0 Å². The lowest BCUT2D eigenvalue weighted by Crippen LogP contribution is -2.30. The summed E-state index contributed by atoms with van der Waals surface area (Å²) < 4.78 is 4.71. The van der Waals surface area contributed by atoms with Crippen molar-refractivity contribution in [3.63, 3.8) is 0 Å². The van der Waals surface area contributed by atoms with Crippen LogP contribution in [0.2, 0.25) is 0 Å². The van der Waals surface area contributed by atoms with Crippen LogP contribution in [0.5, 0.6) is 0 Å². The summed E-state index contributed by atoms with van der Waals surface area (Å²) in [4.78, 5) is 23.8. The van der Waals surface area contributed by atoms with E-state index in [1.165, 1.54) is 7.11 Å². The van der Waals surface area contributed by atoms with Crippen LogP contribution in [-0.2, 0) is 9.53 Å². The topological polar surface area (TPSA) is 67.4 Å². The molecule has 0 saturated carbocycles. The molecule has 23 heavy (non-hydrogen) atoms. The zero-order chi connectivity index (χ0) is 16.7. The highest BCUT2D eigenvalue weighted by atomic mass is 16.5. The Morgan fingerprint density at radius 3 is 2.39 bits per heavy atom. The Labute approximate surface area is 135 Å². The van der Waals surface area contributed by atoms with Crippen LogP contribution in [0.25, 0.3) is 0 Å². The van der Waals surface area contributed by atoms with Crippen LogP contribution in [-0.4, -0.2) is 25.5 Å². The van der Waals surface area contributed by atoms with Crippen molar-refractivity contribution in [1.82, 2.24) is 5.32 Å². The normalized spacial score (nSPS) is 11.6. The summed E-state index contributed by atoms with van der Waals surface area (Å²) in [5.74, 6) is -0.698. The van der Waals surface area contributed by atoms with E-state index < -0.39 is 5.97 Å². The molecule has 0 bridgehead atoms. The molecule has 0 spiro atoms. The summed E-state index contributed by atoms with van der Waals surface area (Å²) in [6.07, 6.45) is 0. The van der Waals surface area contributed by atoms with Gasteiger partial charge in [0.25, 0.3) is 0 Å².